The van der Waals surface area contributed by atoms with E-state index in [-0.39, 0.29) is 18.2 Å². The van der Waals surface area contributed by atoms with Crippen LogP contribution in [0.5, 0.6) is 5.75 Å². The fraction of sp³-hybridized carbons (Fsp3) is 0.267. The monoisotopic (exact) mass is 332 g/mol. The lowest BCUT2D eigenvalue weighted by atomic mass is 10.1. The van der Waals surface area contributed by atoms with E-state index in [2.05, 4.69) is 15.6 Å². The summed E-state index contributed by atoms with van der Waals surface area (Å²) in [6.45, 7) is 2.00. The molecule has 2 aromatic rings. The summed E-state index contributed by atoms with van der Waals surface area (Å²) in [5.74, 6) is 0.295. The van der Waals surface area contributed by atoms with E-state index in [9.17, 15) is 9.59 Å². The van der Waals surface area contributed by atoms with Crippen molar-refractivity contribution in [3.05, 3.63) is 23.6 Å². The van der Waals surface area contributed by atoms with Crippen molar-refractivity contribution in [2.75, 3.05) is 17.2 Å². The van der Waals surface area contributed by atoms with Gasteiger partial charge in [-0.25, -0.2) is 4.98 Å². The molecule has 1 aliphatic heterocycles. The third-order valence-corrected chi connectivity index (χ3v) is 4.09. The van der Waals surface area contributed by atoms with Crippen LogP contribution in [0, 0.1) is 0 Å². The van der Waals surface area contributed by atoms with Crippen LogP contribution < -0.4 is 21.1 Å². The Hall–Kier alpha value is -2.45. The van der Waals surface area contributed by atoms with Gasteiger partial charge in [-0.3, -0.25) is 9.59 Å². The maximum atomic E-state index is 11.7. The standard InChI is InChI=1S/C15H16N4O3S/c1-8-14(21)17-10-6-9(2-3-12(10)22-8)11-7-23-15(18-11)19-13(20)4-5-16/h2-3,6-8H,4-5,16H2,1H3,(H,17,21)(H,18,19,20). The van der Waals surface area contributed by atoms with Crippen LogP contribution in [0.4, 0.5) is 10.8 Å². The molecule has 1 atom stereocenters. The molecule has 0 saturated heterocycles. The third kappa shape index (κ3) is 3.33. The van der Waals surface area contributed by atoms with Crippen molar-refractivity contribution in [2.24, 2.45) is 5.73 Å². The highest BCUT2D eigenvalue weighted by Crippen LogP contribution is 2.34. The molecule has 2 heterocycles. The molecule has 120 valence electrons. The molecule has 7 nitrogen and oxygen atoms in total. The van der Waals surface area contributed by atoms with Crippen molar-refractivity contribution in [1.82, 2.24) is 4.98 Å². The molecular weight excluding hydrogens is 316 g/mol. The number of aromatic nitrogens is 1. The fourth-order valence-corrected chi connectivity index (χ4v) is 2.88. The highest BCUT2D eigenvalue weighted by molar-refractivity contribution is 7.14. The molecule has 8 heteroatoms. The average Bonchev–Trinajstić information content (AvgIpc) is 2.96. The Bertz CT molecular complexity index is 759. The van der Waals surface area contributed by atoms with Crippen LogP contribution in [-0.2, 0) is 9.59 Å². The van der Waals surface area contributed by atoms with Crippen LogP contribution >= 0.6 is 11.3 Å². The number of ether oxygens (including phenoxy) is 1. The number of carbonyl (C=O) groups excluding carboxylic acids is 2. The highest BCUT2D eigenvalue weighted by atomic mass is 32.1. The molecule has 0 aliphatic carbocycles. The number of amides is 2. The number of fused-ring (bicyclic) bond motifs is 1. The fourth-order valence-electron chi connectivity index (χ4n) is 2.14. The van der Waals surface area contributed by atoms with Crippen molar-refractivity contribution >= 4 is 34.0 Å². The second-order valence-corrected chi connectivity index (χ2v) is 5.94. The number of nitrogens with two attached hydrogens (primary N) is 1. The average molecular weight is 332 g/mol. The topological polar surface area (TPSA) is 106 Å². The van der Waals surface area contributed by atoms with E-state index in [0.29, 0.717) is 28.8 Å². The van der Waals surface area contributed by atoms with Gasteiger partial charge < -0.3 is 21.1 Å². The number of benzene rings is 1. The number of nitrogens with one attached hydrogen (secondary N) is 2. The second-order valence-electron chi connectivity index (χ2n) is 5.09. The lowest BCUT2D eigenvalue weighted by Gasteiger charge is -2.23. The summed E-state index contributed by atoms with van der Waals surface area (Å²) < 4.78 is 5.52. The molecule has 4 N–H and O–H groups in total. The highest BCUT2D eigenvalue weighted by Gasteiger charge is 2.23. The summed E-state index contributed by atoms with van der Waals surface area (Å²) in [5.41, 5.74) is 7.51. The van der Waals surface area contributed by atoms with E-state index in [1.54, 1.807) is 19.1 Å². The molecule has 1 aliphatic rings. The summed E-state index contributed by atoms with van der Waals surface area (Å²) in [7, 11) is 0. The van der Waals surface area contributed by atoms with Gasteiger partial charge in [-0.1, -0.05) is 0 Å². The second kappa shape index (κ2) is 6.35. The molecular formula is C15H16N4O3S. The predicted octanol–water partition coefficient (Wildman–Crippen LogP) is 1.82. The maximum absolute atomic E-state index is 11.7. The Kier molecular flexibility index (Phi) is 4.26. The molecule has 1 aromatic heterocycles. The number of thiazole rings is 1. The molecule has 0 bridgehead atoms. The first kappa shape index (κ1) is 15.4. The first-order valence-corrected chi connectivity index (χ1v) is 8.02. The zero-order chi connectivity index (χ0) is 16.4. The van der Waals surface area contributed by atoms with E-state index in [1.165, 1.54) is 11.3 Å². The zero-order valence-electron chi connectivity index (χ0n) is 12.5. The minimum absolute atomic E-state index is 0.159. The van der Waals surface area contributed by atoms with E-state index in [1.807, 2.05) is 11.4 Å². The minimum atomic E-state index is -0.503. The van der Waals surface area contributed by atoms with Crippen LogP contribution in [0.2, 0.25) is 0 Å². The molecule has 0 spiro atoms. The Labute approximate surface area is 136 Å². The van der Waals surface area contributed by atoms with Gasteiger partial charge in [0, 0.05) is 23.9 Å². The molecule has 2 amide bonds. The number of hydrogen-bond donors (Lipinski definition) is 3. The summed E-state index contributed by atoms with van der Waals surface area (Å²) in [5, 5.41) is 7.87. The molecule has 0 fully saturated rings. The van der Waals surface area contributed by atoms with Crippen molar-refractivity contribution in [3.8, 4) is 17.0 Å². The predicted molar refractivity (Wildman–Crippen MR) is 88.6 cm³/mol. The van der Waals surface area contributed by atoms with Gasteiger partial charge in [0.25, 0.3) is 5.91 Å². The van der Waals surface area contributed by atoms with Gasteiger partial charge in [0.05, 0.1) is 11.4 Å². The van der Waals surface area contributed by atoms with Crippen molar-refractivity contribution in [1.29, 1.82) is 0 Å². The van der Waals surface area contributed by atoms with Crippen molar-refractivity contribution in [2.45, 2.75) is 19.4 Å². The van der Waals surface area contributed by atoms with Gasteiger partial charge >= 0.3 is 0 Å². The Balaban J connectivity index is 1.80. The summed E-state index contributed by atoms with van der Waals surface area (Å²) in [6, 6.07) is 5.47. The molecule has 1 aromatic carbocycles. The number of carbonyl (C=O) groups is 2. The molecule has 0 saturated carbocycles. The molecule has 0 radical (unpaired) electrons. The summed E-state index contributed by atoms with van der Waals surface area (Å²) in [6.07, 6.45) is -0.244. The van der Waals surface area contributed by atoms with Gasteiger partial charge in [0.15, 0.2) is 11.2 Å². The molecule has 1 unspecified atom stereocenters. The SMILES string of the molecule is CC1Oc2ccc(-c3csc(NC(=O)CCN)n3)cc2NC1=O. The minimum Gasteiger partial charge on any atom is -0.479 e. The Morgan fingerprint density at radius 1 is 1.52 bits per heavy atom. The van der Waals surface area contributed by atoms with Crippen molar-refractivity contribution in [3.63, 3.8) is 0 Å². The molecule has 3 rings (SSSR count). The largest absolute Gasteiger partial charge is 0.479 e. The van der Waals surface area contributed by atoms with Gasteiger partial charge in [0.2, 0.25) is 5.91 Å². The Morgan fingerprint density at radius 2 is 2.35 bits per heavy atom. The molecule has 23 heavy (non-hydrogen) atoms. The van der Waals surface area contributed by atoms with E-state index in [0.717, 1.165) is 5.56 Å². The van der Waals surface area contributed by atoms with Crippen LogP contribution in [0.15, 0.2) is 23.6 Å². The van der Waals surface area contributed by atoms with Crippen LogP contribution in [0.1, 0.15) is 13.3 Å². The normalized spacial score (nSPS) is 16.3. The Morgan fingerprint density at radius 3 is 3.13 bits per heavy atom. The van der Waals surface area contributed by atoms with Crippen LogP contribution in [-0.4, -0.2) is 29.4 Å². The van der Waals surface area contributed by atoms with Gasteiger partial charge in [-0.15, -0.1) is 11.3 Å². The zero-order valence-corrected chi connectivity index (χ0v) is 13.3. The first-order valence-electron chi connectivity index (χ1n) is 7.14. The van der Waals surface area contributed by atoms with Crippen LogP contribution in [0.25, 0.3) is 11.3 Å². The van der Waals surface area contributed by atoms with E-state index >= 15 is 0 Å². The summed E-state index contributed by atoms with van der Waals surface area (Å²) in [4.78, 5) is 27.6. The van der Waals surface area contributed by atoms with Crippen molar-refractivity contribution < 1.29 is 14.3 Å². The number of anilines is 2. The number of nitrogens with zero attached hydrogens (tertiary/aromatic N) is 1. The lowest BCUT2D eigenvalue weighted by Crippen LogP contribution is -2.34. The van der Waals surface area contributed by atoms with Gasteiger partial charge in [0.1, 0.15) is 5.75 Å². The lowest BCUT2D eigenvalue weighted by molar-refractivity contribution is -0.122. The van der Waals surface area contributed by atoms with E-state index < -0.39 is 6.10 Å². The quantitative estimate of drug-likeness (QED) is 0.792. The number of rotatable bonds is 4. The maximum Gasteiger partial charge on any atom is 0.265 e. The first-order chi connectivity index (χ1) is 11.1. The van der Waals surface area contributed by atoms with Crippen LogP contribution in [0.3, 0.4) is 0 Å². The smallest absolute Gasteiger partial charge is 0.265 e. The van der Waals surface area contributed by atoms with Gasteiger partial charge in [-0.05, 0) is 25.1 Å². The van der Waals surface area contributed by atoms with E-state index in [4.69, 9.17) is 10.5 Å². The summed E-state index contributed by atoms with van der Waals surface area (Å²) >= 11 is 1.33. The van der Waals surface area contributed by atoms with Gasteiger partial charge in [-0.2, -0.15) is 0 Å². The number of hydrogen-bond acceptors (Lipinski definition) is 6. The third-order valence-electron chi connectivity index (χ3n) is 3.33.